The molecular weight excluding hydrogens is 283 g/mol. The number of benzene rings is 1. The standard InChI is InChI=1S/C14H16F3N3O/c1-10-12(9-19-20-10)8-18-7-6-11-2-4-13(5-3-11)21-14(15,16)17/h2-5,9,18H,6-8H2,1H3,(H,19,20). The molecule has 2 N–H and O–H groups in total. The van der Waals surface area contributed by atoms with Gasteiger partial charge in [0.15, 0.2) is 0 Å². The predicted molar refractivity (Wildman–Crippen MR) is 71.9 cm³/mol. The van der Waals surface area contributed by atoms with Crippen LogP contribution < -0.4 is 10.1 Å². The summed E-state index contributed by atoms with van der Waals surface area (Å²) in [6.07, 6.45) is -2.15. The molecule has 0 aliphatic carbocycles. The lowest BCUT2D eigenvalue weighted by molar-refractivity contribution is -0.274. The van der Waals surface area contributed by atoms with Crippen molar-refractivity contribution in [3.8, 4) is 5.75 Å². The molecule has 1 heterocycles. The van der Waals surface area contributed by atoms with E-state index in [1.165, 1.54) is 12.1 Å². The maximum absolute atomic E-state index is 12.0. The van der Waals surface area contributed by atoms with Gasteiger partial charge in [-0.25, -0.2) is 0 Å². The minimum Gasteiger partial charge on any atom is -0.406 e. The highest BCUT2D eigenvalue weighted by Crippen LogP contribution is 2.22. The van der Waals surface area contributed by atoms with Gasteiger partial charge in [0, 0.05) is 17.8 Å². The van der Waals surface area contributed by atoms with E-state index in [0.717, 1.165) is 29.8 Å². The molecular formula is C14H16F3N3O. The smallest absolute Gasteiger partial charge is 0.406 e. The third kappa shape index (κ3) is 5.11. The fourth-order valence-electron chi connectivity index (χ4n) is 1.87. The van der Waals surface area contributed by atoms with Crippen LogP contribution in [0.1, 0.15) is 16.8 Å². The number of H-pyrrole nitrogens is 1. The molecule has 0 aliphatic rings. The first-order valence-electron chi connectivity index (χ1n) is 6.48. The number of hydrogen-bond donors (Lipinski definition) is 2. The molecule has 0 fully saturated rings. The lowest BCUT2D eigenvalue weighted by atomic mass is 10.1. The molecule has 0 unspecified atom stereocenters. The summed E-state index contributed by atoms with van der Waals surface area (Å²) in [6.45, 7) is 3.38. The molecule has 0 saturated heterocycles. The van der Waals surface area contributed by atoms with Crippen molar-refractivity contribution in [2.24, 2.45) is 0 Å². The Kier molecular flexibility index (Phi) is 4.85. The molecule has 0 amide bonds. The first kappa shape index (κ1) is 15.4. The van der Waals surface area contributed by atoms with Gasteiger partial charge in [0.05, 0.1) is 6.20 Å². The van der Waals surface area contributed by atoms with Crippen LogP contribution in [0.3, 0.4) is 0 Å². The fraction of sp³-hybridized carbons (Fsp3) is 0.357. The van der Waals surface area contributed by atoms with Crippen molar-refractivity contribution in [2.45, 2.75) is 26.3 Å². The van der Waals surface area contributed by atoms with Crippen LogP contribution in [0.5, 0.6) is 5.75 Å². The van der Waals surface area contributed by atoms with E-state index in [1.54, 1.807) is 18.3 Å². The summed E-state index contributed by atoms with van der Waals surface area (Å²) < 4.78 is 39.9. The van der Waals surface area contributed by atoms with E-state index in [-0.39, 0.29) is 5.75 Å². The molecule has 0 atom stereocenters. The second kappa shape index (κ2) is 6.62. The number of ether oxygens (including phenoxy) is 1. The zero-order valence-electron chi connectivity index (χ0n) is 11.5. The average Bonchev–Trinajstić information content (AvgIpc) is 2.80. The fourth-order valence-corrected chi connectivity index (χ4v) is 1.87. The Morgan fingerprint density at radius 1 is 1.24 bits per heavy atom. The predicted octanol–water partition coefficient (Wildman–Crippen LogP) is 2.95. The SMILES string of the molecule is Cc1[nH]ncc1CNCCc1ccc(OC(F)(F)F)cc1. The van der Waals surface area contributed by atoms with E-state index in [1.807, 2.05) is 6.92 Å². The Bertz CT molecular complexity index is 564. The van der Waals surface area contributed by atoms with Crippen LogP contribution in [0.15, 0.2) is 30.5 Å². The van der Waals surface area contributed by atoms with E-state index in [4.69, 9.17) is 0 Å². The Hall–Kier alpha value is -2.02. The lowest BCUT2D eigenvalue weighted by Gasteiger charge is -2.09. The van der Waals surface area contributed by atoms with Gasteiger partial charge in [0.25, 0.3) is 0 Å². The molecule has 0 radical (unpaired) electrons. The largest absolute Gasteiger partial charge is 0.573 e. The van der Waals surface area contributed by atoms with Gasteiger partial charge in [0.1, 0.15) is 5.75 Å². The molecule has 0 spiro atoms. The zero-order valence-corrected chi connectivity index (χ0v) is 11.5. The lowest BCUT2D eigenvalue weighted by Crippen LogP contribution is -2.17. The van der Waals surface area contributed by atoms with E-state index < -0.39 is 6.36 Å². The molecule has 0 bridgehead atoms. The van der Waals surface area contributed by atoms with E-state index >= 15 is 0 Å². The van der Waals surface area contributed by atoms with Crippen molar-refractivity contribution in [3.63, 3.8) is 0 Å². The van der Waals surface area contributed by atoms with Crippen molar-refractivity contribution in [1.82, 2.24) is 15.5 Å². The molecule has 2 rings (SSSR count). The van der Waals surface area contributed by atoms with Gasteiger partial charge in [-0.05, 0) is 37.6 Å². The van der Waals surface area contributed by atoms with Gasteiger partial charge in [-0.2, -0.15) is 5.10 Å². The second-order valence-corrected chi connectivity index (χ2v) is 4.64. The molecule has 0 saturated carbocycles. The van der Waals surface area contributed by atoms with Crippen molar-refractivity contribution in [3.05, 3.63) is 47.3 Å². The highest BCUT2D eigenvalue weighted by atomic mass is 19.4. The molecule has 2 aromatic rings. The number of aryl methyl sites for hydroxylation is 1. The van der Waals surface area contributed by atoms with Crippen LogP contribution in [-0.2, 0) is 13.0 Å². The van der Waals surface area contributed by atoms with Crippen molar-refractivity contribution < 1.29 is 17.9 Å². The number of nitrogens with one attached hydrogen (secondary N) is 2. The van der Waals surface area contributed by atoms with Gasteiger partial charge >= 0.3 is 6.36 Å². The first-order valence-corrected chi connectivity index (χ1v) is 6.48. The molecule has 21 heavy (non-hydrogen) atoms. The molecule has 0 aliphatic heterocycles. The first-order chi connectivity index (χ1) is 9.94. The Morgan fingerprint density at radius 2 is 1.95 bits per heavy atom. The molecule has 1 aromatic heterocycles. The number of aromatic nitrogens is 2. The Morgan fingerprint density at radius 3 is 2.52 bits per heavy atom. The van der Waals surface area contributed by atoms with Gasteiger partial charge in [-0.15, -0.1) is 13.2 Å². The van der Waals surface area contributed by atoms with Gasteiger partial charge in [-0.3, -0.25) is 5.10 Å². The minimum absolute atomic E-state index is 0.201. The Balaban J connectivity index is 1.75. The summed E-state index contributed by atoms with van der Waals surface area (Å²) >= 11 is 0. The topological polar surface area (TPSA) is 49.9 Å². The third-order valence-electron chi connectivity index (χ3n) is 3.00. The third-order valence-corrected chi connectivity index (χ3v) is 3.00. The van der Waals surface area contributed by atoms with Crippen LogP contribution in [0.25, 0.3) is 0 Å². The van der Waals surface area contributed by atoms with Crippen molar-refractivity contribution in [1.29, 1.82) is 0 Å². The quantitative estimate of drug-likeness (QED) is 0.806. The number of rotatable bonds is 6. The van der Waals surface area contributed by atoms with Crippen LogP contribution in [0.4, 0.5) is 13.2 Å². The number of alkyl halides is 3. The van der Waals surface area contributed by atoms with Crippen LogP contribution in [-0.4, -0.2) is 23.1 Å². The summed E-state index contributed by atoms with van der Waals surface area (Å²) in [7, 11) is 0. The van der Waals surface area contributed by atoms with Crippen LogP contribution in [0.2, 0.25) is 0 Å². The zero-order chi connectivity index (χ0) is 15.3. The molecule has 114 valence electrons. The highest BCUT2D eigenvalue weighted by molar-refractivity contribution is 5.27. The van der Waals surface area contributed by atoms with Crippen LogP contribution >= 0.6 is 0 Å². The minimum atomic E-state index is -4.65. The monoisotopic (exact) mass is 299 g/mol. The molecule has 1 aromatic carbocycles. The number of hydrogen-bond acceptors (Lipinski definition) is 3. The van der Waals surface area contributed by atoms with Crippen molar-refractivity contribution >= 4 is 0 Å². The van der Waals surface area contributed by atoms with Gasteiger partial charge in [-0.1, -0.05) is 12.1 Å². The van der Waals surface area contributed by atoms with E-state index in [2.05, 4.69) is 20.3 Å². The Labute approximate surface area is 120 Å². The highest BCUT2D eigenvalue weighted by Gasteiger charge is 2.30. The van der Waals surface area contributed by atoms with Gasteiger partial charge in [0.2, 0.25) is 0 Å². The summed E-state index contributed by atoms with van der Waals surface area (Å²) in [5.74, 6) is -0.201. The summed E-state index contributed by atoms with van der Waals surface area (Å²) in [5.41, 5.74) is 3.07. The summed E-state index contributed by atoms with van der Waals surface area (Å²) in [6, 6.07) is 5.91. The number of aromatic amines is 1. The average molecular weight is 299 g/mol. The number of halogens is 3. The van der Waals surface area contributed by atoms with E-state index in [0.29, 0.717) is 6.54 Å². The summed E-state index contributed by atoms with van der Waals surface area (Å²) in [5, 5.41) is 10.0. The van der Waals surface area contributed by atoms with Gasteiger partial charge < -0.3 is 10.1 Å². The normalized spacial score (nSPS) is 11.6. The number of nitrogens with zero attached hydrogens (tertiary/aromatic N) is 1. The maximum atomic E-state index is 12.0. The van der Waals surface area contributed by atoms with Crippen LogP contribution in [0, 0.1) is 6.92 Å². The van der Waals surface area contributed by atoms with Crippen molar-refractivity contribution in [2.75, 3.05) is 6.54 Å². The molecule has 4 nitrogen and oxygen atoms in total. The summed E-state index contributed by atoms with van der Waals surface area (Å²) in [4.78, 5) is 0. The second-order valence-electron chi connectivity index (χ2n) is 4.64. The van der Waals surface area contributed by atoms with E-state index in [9.17, 15) is 13.2 Å². The maximum Gasteiger partial charge on any atom is 0.573 e. The molecule has 7 heteroatoms.